The minimum absolute atomic E-state index is 0.207. The zero-order chi connectivity index (χ0) is 22.5. The molecule has 3 aromatic heterocycles. The number of rotatable bonds is 7. The molecule has 2 unspecified atom stereocenters. The van der Waals surface area contributed by atoms with E-state index in [0.29, 0.717) is 23.2 Å². The van der Waals surface area contributed by atoms with Crippen LogP contribution >= 0.6 is 11.8 Å². The van der Waals surface area contributed by atoms with Crippen molar-refractivity contribution in [2.24, 2.45) is 13.0 Å². The van der Waals surface area contributed by atoms with E-state index in [-0.39, 0.29) is 5.41 Å². The smallest absolute Gasteiger partial charge is 0.433 e. The average Bonchev–Trinajstić information content (AvgIpc) is 3.05. The number of likely N-dealkylation sites (tertiary alicyclic amines) is 1. The number of fused-ring (bicyclic) bond motifs is 1. The summed E-state index contributed by atoms with van der Waals surface area (Å²) in [6, 6.07) is 4.27. The monoisotopic (exact) mass is 464 g/mol. The van der Waals surface area contributed by atoms with Crippen molar-refractivity contribution in [2.45, 2.75) is 36.5 Å². The van der Waals surface area contributed by atoms with Crippen molar-refractivity contribution < 1.29 is 17.6 Å². The van der Waals surface area contributed by atoms with Crippen LogP contribution in [0, 0.1) is 12.8 Å². The Morgan fingerprint density at radius 2 is 2.12 bits per heavy atom. The second-order valence-corrected chi connectivity index (χ2v) is 9.59. The van der Waals surface area contributed by atoms with Crippen molar-refractivity contribution in [3.63, 3.8) is 0 Å². The maximum Gasteiger partial charge on any atom is 0.433 e. The van der Waals surface area contributed by atoms with E-state index in [2.05, 4.69) is 25.1 Å². The van der Waals surface area contributed by atoms with Crippen LogP contribution in [0.2, 0.25) is 0 Å². The molecule has 0 radical (unpaired) electrons. The van der Waals surface area contributed by atoms with Gasteiger partial charge in [-0.05, 0) is 44.4 Å². The van der Waals surface area contributed by atoms with E-state index in [1.807, 2.05) is 18.5 Å². The first-order chi connectivity index (χ1) is 15.3. The van der Waals surface area contributed by atoms with Crippen molar-refractivity contribution in [3.05, 3.63) is 41.7 Å². The van der Waals surface area contributed by atoms with E-state index in [4.69, 9.17) is 4.42 Å². The summed E-state index contributed by atoms with van der Waals surface area (Å²) in [6.45, 7) is 4.45. The maximum absolute atomic E-state index is 13.0. The Hall–Kier alpha value is -2.40. The van der Waals surface area contributed by atoms with Gasteiger partial charge in [-0.3, -0.25) is 0 Å². The van der Waals surface area contributed by atoms with Crippen molar-refractivity contribution >= 4 is 11.8 Å². The van der Waals surface area contributed by atoms with Crippen LogP contribution in [0.4, 0.5) is 13.2 Å². The van der Waals surface area contributed by atoms with Crippen LogP contribution in [0.3, 0.4) is 0 Å². The number of hydrogen-bond acceptors (Lipinski definition) is 7. The lowest BCUT2D eigenvalue weighted by Gasteiger charge is -2.21. The van der Waals surface area contributed by atoms with E-state index in [9.17, 15) is 13.2 Å². The number of thioether (sulfide) groups is 1. The van der Waals surface area contributed by atoms with Gasteiger partial charge < -0.3 is 13.9 Å². The first-order valence-corrected chi connectivity index (χ1v) is 11.5. The molecule has 2 atom stereocenters. The van der Waals surface area contributed by atoms with Gasteiger partial charge in [0.25, 0.3) is 0 Å². The Labute approximate surface area is 187 Å². The van der Waals surface area contributed by atoms with Crippen LogP contribution in [0.25, 0.3) is 11.6 Å². The lowest BCUT2D eigenvalue weighted by atomic mass is 10.0. The van der Waals surface area contributed by atoms with E-state index in [1.165, 1.54) is 12.5 Å². The molecule has 1 aliphatic carbocycles. The quantitative estimate of drug-likeness (QED) is 0.387. The molecule has 0 spiro atoms. The molecule has 0 aromatic carbocycles. The molecule has 5 rings (SSSR count). The third kappa shape index (κ3) is 3.81. The van der Waals surface area contributed by atoms with Gasteiger partial charge in [0.15, 0.2) is 17.3 Å². The molecule has 7 nitrogen and oxygen atoms in total. The predicted octanol–water partition coefficient (Wildman–Crippen LogP) is 3.95. The molecule has 32 heavy (non-hydrogen) atoms. The molecule has 4 heterocycles. The van der Waals surface area contributed by atoms with Gasteiger partial charge in [0.1, 0.15) is 5.69 Å². The minimum Gasteiger partial charge on any atom is -0.440 e. The first kappa shape index (κ1) is 21.4. The van der Waals surface area contributed by atoms with Crippen LogP contribution in [0.15, 0.2) is 34.2 Å². The van der Waals surface area contributed by atoms with Gasteiger partial charge >= 0.3 is 6.18 Å². The summed E-state index contributed by atoms with van der Waals surface area (Å²) >= 11 is 1.63. The standard InChI is InChI=1S/C21H23F3N6OS/c1-13-17(31-12-25-13)18-27-28-19(29(18)2)32-8-4-7-30-10-14-9-20(14,11-30)15-5-3-6-16(26-15)21(22,23)24/h3,5-6,12,14H,4,7-11H2,1-2H3. The fourth-order valence-electron chi connectivity index (χ4n) is 4.63. The van der Waals surface area contributed by atoms with E-state index >= 15 is 0 Å². The van der Waals surface area contributed by atoms with E-state index in [1.54, 1.807) is 17.8 Å². The Bertz CT molecular complexity index is 1130. The molecule has 2 aliphatic rings. The third-order valence-electron chi connectivity index (χ3n) is 6.40. The molecular weight excluding hydrogens is 441 g/mol. The number of pyridine rings is 1. The Balaban J connectivity index is 1.14. The van der Waals surface area contributed by atoms with E-state index in [0.717, 1.165) is 55.1 Å². The van der Waals surface area contributed by atoms with Gasteiger partial charge in [0.05, 0.1) is 5.69 Å². The zero-order valence-electron chi connectivity index (χ0n) is 17.8. The molecular formula is C21H23F3N6OS. The lowest BCUT2D eigenvalue weighted by Crippen LogP contribution is -2.28. The van der Waals surface area contributed by atoms with Crippen LogP contribution in [0.1, 0.15) is 29.9 Å². The van der Waals surface area contributed by atoms with Crippen LogP contribution < -0.4 is 0 Å². The second kappa shape index (κ2) is 7.87. The van der Waals surface area contributed by atoms with Gasteiger partial charge in [-0.1, -0.05) is 17.8 Å². The Morgan fingerprint density at radius 1 is 1.28 bits per heavy atom. The van der Waals surface area contributed by atoms with Crippen molar-refractivity contribution in [1.29, 1.82) is 0 Å². The summed E-state index contributed by atoms with van der Waals surface area (Å²) in [6.07, 6.45) is -1.13. The third-order valence-corrected chi connectivity index (χ3v) is 7.51. The first-order valence-electron chi connectivity index (χ1n) is 10.5. The molecule has 3 aromatic rings. The van der Waals surface area contributed by atoms with Crippen LogP contribution in [-0.4, -0.2) is 55.0 Å². The Kier molecular flexibility index (Phi) is 5.28. The minimum atomic E-state index is -4.40. The number of nitrogens with zero attached hydrogens (tertiary/aromatic N) is 6. The molecule has 11 heteroatoms. The summed E-state index contributed by atoms with van der Waals surface area (Å²) in [5.41, 5.74) is 0.354. The zero-order valence-corrected chi connectivity index (χ0v) is 18.6. The fourth-order valence-corrected chi connectivity index (χ4v) is 5.47. The molecule has 0 N–H and O–H groups in total. The highest BCUT2D eigenvalue weighted by Crippen LogP contribution is 2.58. The summed E-state index contributed by atoms with van der Waals surface area (Å²) in [5.74, 6) is 2.55. The number of oxazole rings is 1. The van der Waals surface area contributed by atoms with Gasteiger partial charge in [0.2, 0.25) is 5.82 Å². The summed E-state index contributed by atoms with van der Waals surface area (Å²) in [7, 11) is 1.90. The molecule has 0 bridgehead atoms. The average molecular weight is 465 g/mol. The van der Waals surface area contributed by atoms with Crippen molar-refractivity contribution in [2.75, 3.05) is 25.4 Å². The van der Waals surface area contributed by atoms with Crippen molar-refractivity contribution in [3.8, 4) is 11.6 Å². The molecule has 2 fully saturated rings. The number of halogens is 3. The summed E-state index contributed by atoms with van der Waals surface area (Å²) in [4.78, 5) is 10.4. The van der Waals surface area contributed by atoms with Gasteiger partial charge in [0, 0.05) is 37.0 Å². The molecule has 1 aliphatic heterocycles. The highest BCUT2D eigenvalue weighted by atomic mass is 32.2. The number of hydrogen-bond donors (Lipinski definition) is 0. The fraction of sp³-hybridized carbons (Fsp3) is 0.524. The summed E-state index contributed by atoms with van der Waals surface area (Å²) < 4.78 is 46.5. The predicted molar refractivity (Wildman–Crippen MR) is 112 cm³/mol. The largest absolute Gasteiger partial charge is 0.440 e. The lowest BCUT2D eigenvalue weighted by molar-refractivity contribution is -0.141. The van der Waals surface area contributed by atoms with Crippen LogP contribution in [0.5, 0.6) is 0 Å². The highest BCUT2D eigenvalue weighted by Gasteiger charge is 2.61. The van der Waals surface area contributed by atoms with Gasteiger partial charge in [-0.15, -0.1) is 10.2 Å². The number of piperidine rings is 1. The number of aromatic nitrogens is 5. The van der Waals surface area contributed by atoms with E-state index < -0.39 is 11.9 Å². The molecule has 170 valence electrons. The topological polar surface area (TPSA) is 72.9 Å². The number of alkyl halides is 3. The normalized spacial score (nSPS) is 23.0. The molecule has 0 amide bonds. The molecule has 1 saturated heterocycles. The van der Waals surface area contributed by atoms with Crippen LogP contribution in [-0.2, 0) is 18.6 Å². The van der Waals surface area contributed by atoms with Crippen molar-refractivity contribution in [1.82, 2.24) is 29.6 Å². The van der Waals surface area contributed by atoms with Gasteiger partial charge in [-0.2, -0.15) is 13.2 Å². The molecule has 1 saturated carbocycles. The summed E-state index contributed by atoms with van der Waals surface area (Å²) in [5, 5.41) is 9.28. The highest BCUT2D eigenvalue weighted by molar-refractivity contribution is 7.99. The Morgan fingerprint density at radius 3 is 2.88 bits per heavy atom. The second-order valence-electron chi connectivity index (χ2n) is 8.53. The van der Waals surface area contributed by atoms with Gasteiger partial charge in [-0.25, -0.2) is 9.97 Å². The maximum atomic E-state index is 13.0. The SMILES string of the molecule is Cc1ncoc1-c1nnc(SCCCN2CC3CC3(c3cccc(C(F)(F)F)n3)C2)n1C. The number of aryl methyl sites for hydroxylation is 1.